The zero-order valence-corrected chi connectivity index (χ0v) is 10.7. The van der Waals surface area contributed by atoms with Gasteiger partial charge in [0.25, 0.3) is 5.69 Å². The highest BCUT2D eigenvalue weighted by molar-refractivity contribution is 5.62. The fraction of sp³-hybridized carbons (Fsp3) is 0.538. The highest BCUT2D eigenvalue weighted by Crippen LogP contribution is 2.24. The lowest BCUT2D eigenvalue weighted by atomic mass is 10.2. The lowest BCUT2D eigenvalue weighted by molar-refractivity contribution is -0.384. The molecular formula is C13H19N3O2. The van der Waals surface area contributed by atoms with Crippen molar-refractivity contribution >= 4 is 11.4 Å². The summed E-state index contributed by atoms with van der Waals surface area (Å²) in [6, 6.07) is 5.17. The minimum Gasteiger partial charge on any atom is -0.378 e. The van der Waals surface area contributed by atoms with Crippen LogP contribution in [0.4, 0.5) is 11.4 Å². The predicted molar refractivity (Wildman–Crippen MR) is 72.0 cm³/mol. The number of aryl methyl sites for hydroxylation is 1. The molecule has 1 aromatic rings. The molecule has 1 heterocycles. The number of hydrogen-bond donors (Lipinski definition) is 1. The first-order valence-electron chi connectivity index (χ1n) is 6.38. The third-order valence-electron chi connectivity index (χ3n) is 3.29. The van der Waals surface area contributed by atoms with E-state index in [4.69, 9.17) is 0 Å². The van der Waals surface area contributed by atoms with E-state index >= 15 is 0 Å². The van der Waals surface area contributed by atoms with Gasteiger partial charge in [-0.05, 0) is 44.5 Å². The van der Waals surface area contributed by atoms with Gasteiger partial charge in [0.1, 0.15) is 5.69 Å². The summed E-state index contributed by atoms with van der Waals surface area (Å²) in [4.78, 5) is 13.0. The molecule has 5 heteroatoms. The van der Waals surface area contributed by atoms with E-state index in [9.17, 15) is 10.1 Å². The molecule has 0 aliphatic carbocycles. The molecule has 0 aromatic heterocycles. The SMILES string of the molecule is Cc1ccc([N+](=O)[O-])c(NCCN2CCCC2)c1. The number of benzene rings is 1. The van der Waals surface area contributed by atoms with Crippen LogP contribution in [0.25, 0.3) is 0 Å². The summed E-state index contributed by atoms with van der Waals surface area (Å²) in [5.74, 6) is 0. The van der Waals surface area contributed by atoms with Crippen molar-refractivity contribution in [3.8, 4) is 0 Å². The average molecular weight is 249 g/mol. The van der Waals surface area contributed by atoms with Gasteiger partial charge in [-0.2, -0.15) is 0 Å². The molecule has 0 radical (unpaired) electrons. The second kappa shape index (κ2) is 5.82. The number of hydrogen-bond acceptors (Lipinski definition) is 4. The maximum Gasteiger partial charge on any atom is 0.292 e. The van der Waals surface area contributed by atoms with Crippen molar-refractivity contribution in [3.05, 3.63) is 33.9 Å². The summed E-state index contributed by atoms with van der Waals surface area (Å²) in [5, 5.41) is 14.1. The van der Waals surface area contributed by atoms with Gasteiger partial charge >= 0.3 is 0 Å². The smallest absolute Gasteiger partial charge is 0.292 e. The Morgan fingerprint density at radius 2 is 2.11 bits per heavy atom. The van der Waals surface area contributed by atoms with Crippen LogP contribution >= 0.6 is 0 Å². The molecule has 2 rings (SSSR count). The van der Waals surface area contributed by atoms with E-state index in [2.05, 4.69) is 10.2 Å². The normalized spacial score (nSPS) is 15.8. The summed E-state index contributed by atoms with van der Waals surface area (Å²) >= 11 is 0. The number of nitrogens with one attached hydrogen (secondary N) is 1. The van der Waals surface area contributed by atoms with Gasteiger partial charge in [0.15, 0.2) is 0 Å². The Bertz CT molecular complexity index is 428. The minimum absolute atomic E-state index is 0.155. The standard InChI is InChI=1S/C13H19N3O2/c1-11-4-5-13(16(17)18)12(10-11)14-6-9-15-7-2-3-8-15/h4-5,10,14H,2-3,6-9H2,1H3. The van der Waals surface area contributed by atoms with Crippen molar-refractivity contribution in [2.75, 3.05) is 31.5 Å². The summed E-state index contributed by atoms with van der Waals surface area (Å²) in [6.45, 7) is 5.94. The van der Waals surface area contributed by atoms with Gasteiger partial charge in [-0.3, -0.25) is 10.1 Å². The first-order chi connectivity index (χ1) is 8.66. The molecule has 5 nitrogen and oxygen atoms in total. The molecule has 0 bridgehead atoms. The highest BCUT2D eigenvalue weighted by Gasteiger charge is 2.14. The van der Waals surface area contributed by atoms with Crippen molar-refractivity contribution in [2.24, 2.45) is 0 Å². The van der Waals surface area contributed by atoms with E-state index in [1.54, 1.807) is 12.1 Å². The molecule has 98 valence electrons. The van der Waals surface area contributed by atoms with E-state index in [0.717, 1.165) is 31.7 Å². The van der Waals surface area contributed by atoms with E-state index in [1.165, 1.54) is 12.8 Å². The lowest BCUT2D eigenvalue weighted by Crippen LogP contribution is -2.26. The molecule has 1 aliphatic rings. The van der Waals surface area contributed by atoms with Gasteiger partial charge < -0.3 is 10.2 Å². The maximum absolute atomic E-state index is 10.9. The van der Waals surface area contributed by atoms with Crippen LogP contribution in [0.5, 0.6) is 0 Å². The van der Waals surface area contributed by atoms with E-state index in [0.29, 0.717) is 5.69 Å². The Labute approximate surface area is 107 Å². The summed E-state index contributed by atoms with van der Waals surface area (Å²) in [6.07, 6.45) is 2.54. The lowest BCUT2D eigenvalue weighted by Gasteiger charge is -2.15. The minimum atomic E-state index is -0.336. The number of likely N-dealkylation sites (tertiary alicyclic amines) is 1. The van der Waals surface area contributed by atoms with Crippen LogP contribution in [0, 0.1) is 17.0 Å². The third-order valence-corrected chi connectivity index (χ3v) is 3.29. The van der Waals surface area contributed by atoms with Crippen LogP contribution in [0.3, 0.4) is 0 Å². The van der Waals surface area contributed by atoms with Gasteiger partial charge in [0.05, 0.1) is 4.92 Å². The molecule has 1 aromatic carbocycles. The first-order valence-corrected chi connectivity index (χ1v) is 6.38. The summed E-state index contributed by atoms with van der Waals surface area (Å²) < 4.78 is 0. The van der Waals surface area contributed by atoms with Gasteiger partial charge in [-0.25, -0.2) is 0 Å². The van der Waals surface area contributed by atoms with Crippen LogP contribution in [-0.2, 0) is 0 Å². The van der Waals surface area contributed by atoms with Crippen molar-refractivity contribution in [1.82, 2.24) is 4.90 Å². The quantitative estimate of drug-likeness (QED) is 0.643. The zero-order chi connectivity index (χ0) is 13.0. The van der Waals surface area contributed by atoms with Crippen LogP contribution < -0.4 is 5.32 Å². The average Bonchev–Trinajstić information content (AvgIpc) is 2.82. The Hall–Kier alpha value is -1.62. The molecular weight excluding hydrogens is 230 g/mol. The molecule has 0 spiro atoms. The monoisotopic (exact) mass is 249 g/mol. The highest BCUT2D eigenvalue weighted by atomic mass is 16.6. The predicted octanol–water partition coefficient (Wildman–Crippen LogP) is 2.41. The van der Waals surface area contributed by atoms with Crippen molar-refractivity contribution in [2.45, 2.75) is 19.8 Å². The van der Waals surface area contributed by atoms with Gasteiger partial charge in [-0.15, -0.1) is 0 Å². The van der Waals surface area contributed by atoms with Crippen LogP contribution in [0.2, 0.25) is 0 Å². The summed E-state index contributed by atoms with van der Waals surface area (Å²) in [5.41, 5.74) is 1.81. The molecule has 1 N–H and O–H groups in total. The second-order valence-corrected chi connectivity index (χ2v) is 4.75. The number of anilines is 1. The Kier molecular flexibility index (Phi) is 4.15. The van der Waals surface area contributed by atoms with E-state index in [-0.39, 0.29) is 10.6 Å². The van der Waals surface area contributed by atoms with Crippen molar-refractivity contribution in [1.29, 1.82) is 0 Å². The van der Waals surface area contributed by atoms with Crippen LogP contribution in [0.15, 0.2) is 18.2 Å². The molecule has 0 unspecified atom stereocenters. The van der Waals surface area contributed by atoms with E-state index in [1.807, 2.05) is 13.0 Å². The van der Waals surface area contributed by atoms with E-state index < -0.39 is 0 Å². The molecule has 1 saturated heterocycles. The maximum atomic E-state index is 10.9. The zero-order valence-electron chi connectivity index (χ0n) is 10.7. The van der Waals surface area contributed by atoms with Crippen molar-refractivity contribution < 1.29 is 4.92 Å². The molecule has 1 fully saturated rings. The first kappa shape index (κ1) is 12.8. The second-order valence-electron chi connectivity index (χ2n) is 4.75. The fourth-order valence-electron chi connectivity index (χ4n) is 2.31. The number of rotatable bonds is 5. The number of nitro groups is 1. The topological polar surface area (TPSA) is 58.4 Å². The Morgan fingerprint density at radius 3 is 2.78 bits per heavy atom. The fourth-order valence-corrected chi connectivity index (χ4v) is 2.31. The largest absolute Gasteiger partial charge is 0.378 e. The van der Waals surface area contributed by atoms with Gasteiger partial charge in [0.2, 0.25) is 0 Å². The number of nitrogens with zero attached hydrogens (tertiary/aromatic N) is 2. The molecule has 18 heavy (non-hydrogen) atoms. The Morgan fingerprint density at radius 1 is 1.39 bits per heavy atom. The van der Waals surface area contributed by atoms with Crippen LogP contribution in [-0.4, -0.2) is 36.0 Å². The van der Waals surface area contributed by atoms with Crippen molar-refractivity contribution in [3.63, 3.8) is 0 Å². The Balaban J connectivity index is 1.94. The molecule has 0 saturated carbocycles. The third kappa shape index (κ3) is 3.20. The van der Waals surface area contributed by atoms with Gasteiger partial charge in [-0.1, -0.05) is 6.07 Å². The summed E-state index contributed by atoms with van der Waals surface area (Å²) in [7, 11) is 0. The molecule has 0 amide bonds. The molecule has 0 atom stereocenters. The molecule has 1 aliphatic heterocycles. The van der Waals surface area contributed by atoms with Gasteiger partial charge in [0, 0.05) is 19.2 Å². The number of nitro benzene ring substituents is 1. The van der Waals surface area contributed by atoms with Crippen LogP contribution in [0.1, 0.15) is 18.4 Å².